The highest BCUT2D eigenvalue weighted by Gasteiger charge is 2.36. The number of aliphatic carboxylic acids is 1. The van der Waals surface area contributed by atoms with Crippen molar-refractivity contribution in [1.29, 1.82) is 0 Å². The third kappa shape index (κ3) is 24.0. The molecule has 0 unspecified atom stereocenters. The zero-order chi connectivity index (χ0) is 53.1. The number of carbonyl (C=O) groups excluding carboxylic acids is 8. The number of hydrogen-bond acceptors (Lipinski definition) is 14. The first-order valence-electron chi connectivity index (χ1n) is 24.1. The molecule has 0 aliphatic heterocycles. The van der Waals surface area contributed by atoms with Gasteiger partial charge >= 0.3 is 5.97 Å². The number of nitrogens with one attached hydrogen (secondary N) is 4. The summed E-state index contributed by atoms with van der Waals surface area (Å²) in [4.78, 5) is 125. The maximum atomic E-state index is 14.4. The third-order valence-electron chi connectivity index (χ3n) is 11.8. The predicted molar refractivity (Wildman–Crippen MR) is 260 cm³/mol. The molecule has 0 fully saturated rings. The fourth-order valence-corrected chi connectivity index (χ4v) is 7.57. The second kappa shape index (κ2) is 32.7. The van der Waals surface area contributed by atoms with Crippen LogP contribution in [0.1, 0.15) is 124 Å². The lowest BCUT2D eigenvalue weighted by Gasteiger charge is -2.27. The first kappa shape index (κ1) is 62.0. The molecule has 0 spiro atoms. The molecule has 0 heterocycles. The van der Waals surface area contributed by atoms with Gasteiger partial charge in [0, 0.05) is 37.6 Å². The van der Waals surface area contributed by atoms with Crippen LogP contribution in [0, 0.1) is 29.6 Å². The maximum Gasteiger partial charge on any atom is 0.305 e. The van der Waals surface area contributed by atoms with E-state index in [4.69, 9.17) is 22.9 Å². The molecule has 0 aliphatic rings. The molecule has 0 bridgehead atoms. The van der Waals surface area contributed by atoms with E-state index < -0.39 is 139 Å². The molecule has 1 rings (SSSR count). The second-order valence-corrected chi connectivity index (χ2v) is 18.5. The van der Waals surface area contributed by atoms with Crippen LogP contribution in [-0.4, -0.2) is 129 Å². The molecule has 1 aromatic carbocycles. The van der Waals surface area contributed by atoms with Crippen LogP contribution in [0.15, 0.2) is 29.3 Å². The van der Waals surface area contributed by atoms with Crippen molar-refractivity contribution in [2.24, 2.45) is 57.5 Å². The Morgan fingerprint density at radius 1 is 0.643 bits per heavy atom. The summed E-state index contributed by atoms with van der Waals surface area (Å²) in [6.45, 7) is 8.10. The van der Waals surface area contributed by atoms with Crippen molar-refractivity contribution in [3.63, 3.8) is 0 Å². The van der Waals surface area contributed by atoms with Crippen molar-refractivity contribution in [3.05, 3.63) is 29.8 Å². The average molecular weight is 990 g/mol. The number of guanidine groups is 1. The number of nitrogens with two attached hydrogens (primary N) is 4. The van der Waals surface area contributed by atoms with Crippen LogP contribution >= 0.6 is 0 Å². The molecule has 0 saturated heterocycles. The van der Waals surface area contributed by atoms with Crippen molar-refractivity contribution in [1.82, 2.24) is 21.3 Å². The molecular formula is C48H79N9O13. The van der Waals surface area contributed by atoms with Gasteiger partial charge in [0.15, 0.2) is 23.3 Å². The lowest BCUT2D eigenvalue weighted by molar-refractivity contribution is -0.142. The number of carboxylic acids is 1. The minimum Gasteiger partial charge on any atom is -0.508 e. The average Bonchev–Trinajstić information content (AvgIpc) is 3.28. The van der Waals surface area contributed by atoms with Crippen molar-refractivity contribution in [3.8, 4) is 5.75 Å². The Balaban J connectivity index is 3.59. The molecule has 9 atom stereocenters. The fourth-order valence-electron chi connectivity index (χ4n) is 7.57. The van der Waals surface area contributed by atoms with Crippen molar-refractivity contribution in [2.75, 3.05) is 19.7 Å². The SMILES string of the molecule is CCCC[C@H](NC(=O)[C@@H](C)CO)C(=O)C[C@H](C(=O)N[C@@H](CC(=O)O)C(=O)C[C@@H](CCCCN)C(=O)N[C@@H](Cc1ccc(O)cc1)C(=O)C[C@@H](CCCN=C(N)N)C(=O)N[C@@H](CC(C)C)C(N)=O)[C@@H](C)O. The molecule has 5 amide bonds. The molecule has 0 aromatic heterocycles. The Hall–Kier alpha value is -6.00. The van der Waals surface area contributed by atoms with Crippen LogP contribution in [0.5, 0.6) is 5.75 Å². The highest BCUT2D eigenvalue weighted by atomic mass is 16.4. The van der Waals surface area contributed by atoms with Gasteiger partial charge in [-0.25, -0.2) is 0 Å². The van der Waals surface area contributed by atoms with Crippen LogP contribution in [0.2, 0.25) is 0 Å². The van der Waals surface area contributed by atoms with Crippen molar-refractivity contribution < 1.29 is 63.6 Å². The number of amides is 5. The molecule has 70 heavy (non-hydrogen) atoms. The molecule has 0 saturated carbocycles. The number of Topliss-reactive ketones (excluding diaryl/α,β-unsaturated/α-hetero) is 3. The maximum absolute atomic E-state index is 14.4. The predicted octanol–water partition coefficient (Wildman–Crippen LogP) is -0.0118. The number of carboxylic acid groups (broad SMARTS) is 1. The van der Waals surface area contributed by atoms with E-state index >= 15 is 0 Å². The number of aromatic hydroxyl groups is 1. The summed E-state index contributed by atoms with van der Waals surface area (Å²) in [6.07, 6.45) is -1.47. The van der Waals surface area contributed by atoms with Gasteiger partial charge in [-0.1, -0.05) is 59.1 Å². The van der Waals surface area contributed by atoms with Gasteiger partial charge in [0.1, 0.15) is 11.8 Å². The number of aliphatic hydroxyl groups is 2. The lowest BCUT2D eigenvalue weighted by Crippen LogP contribution is -2.50. The number of primary amides is 1. The highest BCUT2D eigenvalue weighted by molar-refractivity contribution is 5.98. The molecule has 16 N–H and O–H groups in total. The van der Waals surface area contributed by atoms with Crippen LogP contribution in [0.4, 0.5) is 0 Å². The van der Waals surface area contributed by atoms with E-state index in [0.29, 0.717) is 31.2 Å². The van der Waals surface area contributed by atoms with Gasteiger partial charge in [-0.3, -0.25) is 48.1 Å². The normalized spacial score (nSPS) is 15.1. The van der Waals surface area contributed by atoms with E-state index in [2.05, 4.69) is 26.3 Å². The molecular weight excluding hydrogens is 911 g/mol. The fraction of sp³-hybridized carbons (Fsp3) is 0.667. The van der Waals surface area contributed by atoms with Gasteiger partial charge in [0.25, 0.3) is 0 Å². The van der Waals surface area contributed by atoms with Crippen molar-refractivity contribution in [2.45, 2.75) is 155 Å². The summed E-state index contributed by atoms with van der Waals surface area (Å²) in [5, 5.41) is 50.2. The zero-order valence-electron chi connectivity index (χ0n) is 41.3. The largest absolute Gasteiger partial charge is 0.508 e. The zero-order valence-corrected chi connectivity index (χ0v) is 41.3. The summed E-state index contributed by atoms with van der Waals surface area (Å²) < 4.78 is 0. The number of hydrogen-bond donors (Lipinski definition) is 12. The number of benzene rings is 1. The standard InChI is InChI=1S/C48H79N9O13/c1-6-7-13-35(54-44(67)28(4)26-58)41(63)24-34(29(5)59)47(70)56-37(25-42(64)65)40(62)22-31(11-8-9-18-49)45(68)55-36(21-30-14-16-33(60)17-15-30)39(61)23-32(12-10-19-53-48(51)52)46(69)57-38(43(50)66)20-27(2)3/h14-17,27-29,31-32,34-38,58-60H,6-13,18-26,49H2,1-5H3,(H2,50,66)(H,54,67)(H,55,68)(H,56,70)(H,57,69)(H,64,65)(H4,51,52,53)/t28-,29+,31+,32+,34-,35-,36-,37-,38-/m0/s1. The third-order valence-corrected chi connectivity index (χ3v) is 11.8. The number of rotatable bonds is 37. The highest BCUT2D eigenvalue weighted by Crippen LogP contribution is 2.22. The number of aliphatic imine (C=N–C) groups is 1. The molecule has 1 aromatic rings. The molecule has 394 valence electrons. The Morgan fingerprint density at radius 2 is 1.17 bits per heavy atom. The number of unbranched alkanes of at least 4 members (excludes halogenated alkanes) is 2. The van der Waals surface area contributed by atoms with Gasteiger partial charge in [-0.2, -0.15) is 0 Å². The number of phenolic OH excluding ortho intramolecular Hbond substituents is 1. The Kier molecular flexibility index (Phi) is 29.0. The molecule has 22 nitrogen and oxygen atoms in total. The summed E-state index contributed by atoms with van der Waals surface area (Å²) >= 11 is 0. The topological polar surface area (TPSA) is 399 Å². The van der Waals surface area contributed by atoms with Crippen molar-refractivity contribution >= 4 is 58.8 Å². The summed E-state index contributed by atoms with van der Waals surface area (Å²) in [7, 11) is 0. The summed E-state index contributed by atoms with van der Waals surface area (Å²) in [5.74, 6) is -12.3. The van der Waals surface area contributed by atoms with Gasteiger partial charge < -0.3 is 64.6 Å². The van der Waals surface area contributed by atoms with E-state index in [1.165, 1.54) is 38.1 Å². The second-order valence-electron chi connectivity index (χ2n) is 18.5. The first-order chi connectivity index (χ1) is 32.9. The van der Waals surface area contributed by atoms with Crippen LogP contribution < -0.4 is 44.2 Å². The van der Waals surface area contributed by atoms with Crippen LogP contribution in [-0.2, 0) is 49.6 Å². The number of phenols is 1. The van der Waals surface area contributed by atoms with Crippen LogP contribution in [0.25, 0.3) is 0 Å². The number of carbonyl (C=O) groups is 9. The van der Waals surface area contributed by atoms with E-state index in [1.807, 2.05) is 20.8 Å². The monoisotopic (exact) mass is 990 g/mol. The van der Waals surface area contributed by atoms with E-state index in [9.17, 15) is 63.6 Å². The van der Waals surface area contributed by atoms with Crippen LogP contribution in [0.3, 0.4) is 0 Å². The number of ketones is 3. The van der Waals surface area contributed by atoms with Gasteiger partial charge in [0.05, 0.1) is 49.1 Å². The smallest absolute Gasteiger partial charge is 0.305 e. The number of nitrogens with zero attached hydrogens (tertiary/aromatic N) is 1. The number of aliphatic hydroxyl groups excluding tert-OH is 2. The Bertz CT molecular complexity index is 1910. The minimum atomic E-state index is -1.74. The Morgan fingerprint density at radius 3 is 1.67 bits per heavy atom. The Labute approximate surface area is 410 Å². The molecule has 0 aliphatic carbocycles. The minimum absolute atomic E-state index is 0.0282. The van der Waals surface area contributed by atoms with Gasteiger partial charge in [0.2, 0.25) is 29.5 Å². The van der Waals surface area contributed by atoms with Gasteiger partial charge in [-0.15, -0.1) is 0 Å². The van der Waals surface area contributed by atoms with Gasteiger partial charge in [-0.05, 0) is 82.0 Å². The lowest BCUT2D eigenvalue weighted by atomic mass is 9.88. The van der Waals surface area contributed by atoms with E-state index in [0.717, 1.165) is 0 Å². The van der Waals surface area contributed by atoms with E-state index in [-0.39, 0.29) is 69.2 Å². The first-order valence-corrected chi connectivity index (χ1v) is 24.1. The quantitative estimate of drug-likeness (QED) is 0.0237. The molecule has 22 heteroatoms. The molecule has 0 radical (unpaired) electrons. The summed E-state index contributed by atoms with van der Waals surface area (Å²) in [5.41, 5.74) is 22.8. The summed E-state index contributed by atoms with van der Waals surface area (Å²) in [6, 6.07) is 0.647. The van der Waals surface area contributed by atoms with E-state index in [1.54, 1.807) is 0 Å².